The summed E-state index contributed by atoms with van der Waals surface area (Å²) in [4.78, 5) is 9.05. The fraction of sp³-hybridized carbons (Fsp3) is 0.462. The Balaban J connectivity index is 0. The van der Waals surface area contributed by atoms with E-state index >= 15 is 0 Å². The van der Waals surface area contributed by atoms with Crippen LogP contribution >= 0.6 is 11.3 Å². The first kappa shape index (κ1) is 30.2. The lowest BCUT2D eigenvalue weighted by Gasteiger charge is -2.10. The fourth-order valence-electron chi connectivity index (χ4n) is 2.21. The highest BCUT2D eigenvalue weighted by Crippen LogP contribution is 2.27. The molecule has 0 spiro atoms. The Labute approximate surface area is 189 Å². The zero-order valence-electron chi connectivity index (χ0n) is 21.1. The molecule has 2 aromatic rings. The zero-order valence-corrected chi connectivity index (χ0v) is 21.9. The van der Waals surface area contributed by atoms with Gasteiger partial charge in [0.15, 0.2) is 0 Å². The molecule has 0 amide bonds. The Kier molecular flexibility index (Phi) is 17.9. The van der Waals surface area contributed by atoms with Crippen LogP contribution in [0.1, 0.15) is 74.8 Å². The van der Waals surface area contributed by atoms with Gasteiger partial charge in [-0.15, -0.1) is 11.3 Å². The van der Waals surface area contributed by atoms with Gasteiger partial charge in [0.2, 0.25) is 0 Å². The van der Waals surface area contributed by atoms with Crippen LogP contribution in [0, 0.1) is 0 Å². The van der Waals surface area contributed by atoms with Crippen molar-refractivity contribution in [1.29, 1.82) is 0 Å². The Morgan fingerprint density at radius 1 is 1.10 bits per heavy atom. The highest BCUT2D eigenvalue weighted by molar-refractivity contribution is 7.16. The molecule has 1 aromatic carbocycles. The molecule has 0 aliphatic heterocycles. The summed E-state index contributed by atoms with van der Waals surface area (Å²) in [6.45, 7) is 25.2. The van der Waals surface area contributed by atoms with Gasteiger partial charge in [-0.2, -0.15) is 0 Å². The highest BCUT2D eigenvalue weighted by Gasteiger charge is 2.07. The number of nitrogens with one attached hydrogen (secondary N) is 1. The molecule has 0 saturated carbocycles. The van der Waals surface area contributed by atoms with Crippen molar-refractivity contribution in [2.75, 3.05) is 13.6 Å². The quantitative estimate of drug-likeness (QED) is 0.295. The molecule has 4 heteroatoms. The molecule has 168 valence electrons. The molecule has 1 heterocycles. The summed E-state index contributed by atoms with van der Waals surface area (Å²) in [6.07, 6.45) is 2.08. The van der Waals surface area contributed by atoms with Crippen LogP contribution in [0.15, 0.2) is 58.2 Å². The Hall–Kier alpha value is -2.04. The number of fused-ring (bicyclic) bond motifs is 1. The third-order valence-electron chi connectivity index (χ3n) is 3.84. The van der Waals surface area contributed by atoms with Gasteiger partial charge >= 0.3 is 0 Å². The average molecular weight is 430 g/mol. The van der Waals surface area contributed by atoms with E-state index in [0.717, 1.165) is 34.6 Å². The molecule has 0 radical (unpaired) electrons. The van der Waals surface area contributed by atoms with Gasteiger partial charge in [-0.1, -0.05) is 52.0 Å². The summed E-state index contributed by atoms with van der Waals surface area (Å²) in [7, 11) is 1.92. The molecule has 0 saturated heterocycles. The highest BCUT2D eigenvalue weighted by atomic mass is 32.1. The van der Waals surface area contributed by atoms with Gasteiger partial charge in [0.1, 0.15) is 0 Å². The van der Waals surface area contributed by atoms with E-state index in [0.29, 0.717) is 0 Å². The molecule has 30 heavy (non-hydrogen) atoms. The SMILES string of the molecule is C=C(C)/C(N=C(C)CNC)=C(/C)c1ccc2ncsc2c1.CC.CC.CC=C(C)C. The number of hydrogen-bond donors (Lipinski definition) is 1. The summed E-state index contributed by atoms with van der Waals surface area (Å²) in [5.41, 5.74) is 9.61. The van der Waals surface area contributed by atoms with Crippen LogP contribution < -0.4 is 5.32 Å². The summed E-state index contributed by atoms with van der Waals surface area (Å²) in [6, 6.07) is 6.34. The number of nitrogens with zero attached hydrogens (tertiary/aromatic N) is 2. The molecular formula is C26H43N3S. The van der Waals surface area contributed by atoms with Gasteiger partial charge in [0.05, 0.1) is 21.4 Å². The second-order valence-corrected chi connectivity index (χ2v) is 7.42. The van der Waals surface area contributed by atoms with E-state index in [1.165, 1.54) is 15.8 Å². The van der Waals surface area contributed by atoms with E-state index < -0.39 is 0 Å². The average Bonchev–Trinajstić information content (AvgIpc) is 3.22. The van der Waals surface area contributed by atoms with Crippen molar-refractivity contribution in [2.45, 2.75) is 69.2 Å². The summed E-state index contributed by atoms with van der Waals surface area (Å²) >= 11 is 1.66. The lowest BCUT2D eigenvalue weighted by atomic mass is 10.0. The van der Waals surface area contributed by atoms with Crippen LogP contribution in [0.25, 0.3) is 15.8 Å². The number of thiazole rings is 1. The largest absolute Gasteiger partial charge is 0.315 e. The Morgan fingerprint density at radius 2 is 1.67 bits per heavy atom. The summed E-state index contributed by atoms with van der Waals surface area (Å²) < 4.78 is 1.20. The normalized spacial score (nSPS) is 11.0. The molecule has 0 aliphatic carbocycles. The maximum Gasteiger partial charge on any atom is 0.0812 e. The lowest BCUT2D eigenvalue weighted by molar-refractivity contribution is 0.940. The zero-order chi connectivity index (χ0) is 23.7. The Bertz CT molecular complexity index is 835. The van der Waals surface area contributed by atoms with E-state index in [1.807, 2.05) is 61.0 Å². The van der Waals surface area contributed by atoms with Gasteiger partial charge in [-0.25, -0.2) is 4.98 Å². The number of allylic oxidation sites excluding steroid dienone is 4. The van der Waals surface area contributed by atoms with Gasteiger partial charge < -0.3 is 5.32 Å². The molecule has 3 nitrogen and oxygen atoms in total. The first-order chi connectivity index (χ1) is 14.3. The van der Waals surface area contributed by atoms with E-state index in [2.05, 4.69) is 61.9 Å². The summed E-state index contributed by atoms with van der Waals surface area (Å²) in [5.74, 6) is 0. The molecule has 0 aliphatic rings. The summed E-state index contributed by atoms with van der Waals surface area (Å²) in [5, 5.41) is 3.12. The van der Waals surface area contributed by atoms with E-state index in [-0.39, 0.29) is 0 Å². The van der Waals surface area contributed by atoms with Crippen molar-refractivity contribution in [2.24, 2.45) is 4.99 Å². The fourth-order valence-corrected chi connectivity index (χ4v) is 2.93. The molecular weight excluding hydrogens is 386 g/mol. The molecule has 0 fully saturated rings. The van der Waals surface area contributed by atoms with E-state index in [9.17, 15) is 0 Å². The lowest BCUT2D eigenvalue weighted by Crippen LogP contribution is -2.16. The van der Waals surface area contributed by atoms with Crippen molar-refractivity contribution in [3.05, 3.63) is 58.8 Å². The number of rotatable bonds is 5. The molecule has 0 unspecified atom stereocenters. The van der Waals surface area contributed by atoms with Crippen LogP contribution in [0.2, 0.25) is 0 Å². The first-order valence-electron chi connectivity index (χ1n) is 10.8. The maximum atomic E-state index is 4.73. The Morgan fingerprint density at radius 3 is 2.13 bits per heavy atom. The molecule has 0 bridgehead atoms. The van der Waals surface area contributed by atoms with Crippen LogP contribution in [-0.4, -0.2) is 24.3 Å². The van der Waals surface area contributed by atoms with Gasteiger partial charge in [-0.3, -0.25) is 4.99 Å². The monoisotopic (exact) mass is 429 g/mol. The predicted octanol–water partition coefficient (Wildman–Crippen LogP) is 8.31. The van der Waals surface area contributed by atoms with Crippen molar-refractivity contribution in [1.82, 2.24) is 10.3 Å². The van der Waals surface area contributed by atoms with Crippen LogP contribution in [0.5, 0.6) is 0 Å². The smallest absolute Gasteiger partial charge is 0.0812 e. The number of aromatic nitrogens is 1. The van der Waals surface area contributed by atoms with E-state index in [4.69, 9.17) is 4.99 Å². The van der Waals surface area contributed by atoms with E-state index in [1.54, 1.807) is 11.3 Å². The number of hydrogen-bond acceptors (Lipinski definition) is 4. The van der Waals surface area contributed by atoms with Gasteiger partial charge in [0, 0.05) is 12.3 Å². The van der Waals surface area contributed by atoms with Crippen molar-refractivity contribution in [3.63, 3.8) is 0 Å². The number of aliphatic imine (C=N–C) groups is 1. The minimum absolute atomic E-state index is 0.776. The van der Waals surface area contributed by atoms with Crippen LogP contribution in [0.4, 0.5) is 0 Å². The second-order valence-electron chi connectivity index (χ2n) is 6.53. The van der Waals surface area contributed by atoms with Crippen molar-refractivity contribution in [3.8, 4) is 0 Å². The molecule has 2 rings (SSSR count). The molecule has 1 N–H and O–H groups in total. The second kappa shape index (κ2) is 17.8. The third kappa shape index (κ3) is 11.2. The van der Waals surface area contributed by atoms with Crippen molar-refractivity contribution >= 4 is 32.8 Å². The third-order valence-corrected chi connectivity index (χ3v) is 4.63. The van der Waals surface area contributed by atoms with Gasteiger partial charge in [0.25, 0.3) is 0 Å². The maximum absolute atomic E-state index is 4.73. The minimum Gasteiger partial charge on any atom is -0.315 e. The van der Waals surface area contributed by atoms with Crippen LogP contribution in [-0.2, 0) is 0 Å². The van der Waals surface area contributed by atoms with Crippen LogP contribution in [0.3, 0.4) is 0 Å². The van der Waals surface area contributed by atoms with Gasteiger partial charge in [-0.05, 0) is 77.4 Å². The first-order valence-corrected chi connectivity index (χ1v) is 11.7. The van der Waals surface area contributed by atoms with Crippen molar-refractivity contribution < 1.29 is 0 Å². The standard InChI is InChI=1S/C17H21N3S.C5H10.2C2H6/c1-11(2)17(20-12(3)9-18-5)13(4)14-6-7-15-16(8-14)21-10-19-15;1-4-5(2)3;2*1-2/h6-8,10,18H,1,9H2,2-5H3;4H,1-3H3;2*1-2H3/b17-13+,20-12?;;;. The number of benzene rings is 1. The minimum atomic E-state index is 0.776. The molecule has 1 aromatic heterocycles. The topological polar surface area (TPSA) is 37.3 Å². The predicted molar refractivity (Wildman–Crippen MR) is 142 cm³/mol. The molecule has 0 atom stereocenters.